The van der Waals surface area contributed by atoms with Crippen LogP contribution in [0.25, 0.3) is 0 Å². The van der Waals surface area contributed by atoms with E-state index in [1.165, 1.54) is 25.0 Å². The third-order valence-electron chi connectivity index (χ3n) is 3.43. The minimum Gasteiger partial charge on any atom is -0.386 e. The van der Waals surface area contributed by atoms with Gasteiger partial charge in [0.1, 0.15) is 0 Å². The van der Waals surface area contributed by atoms with Crippen LogP contribution in [0.4, 0.5) is 0 Å². The fraction of sp³-hybridized carbons (Fsp3) is 0.867. The smallest absolute Gasteiger partial charge is 0.0252 e. The quantitative estimate of drug-likeness (QED) is 0.637. The van der Waals surface area contributed by atoms with Crippen molar-refractivity contribution >= 4 is 0 Å². The van der Waals surface area contributed by atoms with Crippen LogP contribution in [-0.4, -0.2) is 6.04 Å². The van der Waals surface area contributed by atoms with Gasteiger partial charge in [-0.25, -0.2) is 0 Å². The van der Waals surface area contributed by atoms with Gasteiger partial charge in [-0.15, -0.1) is 0 Å². The topological polar surface area (TPSA) is 12.0 Å². The first-order chi connectivity index (χ1) is 7.34. The van der Waals surface area contributed by atoms with Crippen molar-refractivity contribution in [2.45, 2.75) is 66.8 Å². The summed E-state index contributed by atoms with van der Waals surface area (Å²) in [5.41, 5.74) is 1.21. The molecule has 0 aromatic heterocycles. The first kappa shape index (κ1) is 15.5. The lowest BCUT2D eigenvalue weighted by Crippen LogP contribution is -2.32. The minimum atomic E-state index is 0.528. The van der Waals surface area contributed by atoms with Crippen molar-refractivity contribution in [1.82, 2.24) is 5.32 Å². The van der Waals surface area contributed by atoms with E-state index in [1.807, 2.05) is 0 Å². The zero-order valence-electron chi connectivity index (χ0n) is 12.1. The lowest BCUT2D eigenvalue weighted by atomic mass is 9.96. The summed E-state index contributed by atoms with van der Waals surface area (Å²) >= 11 is 0. The zero-order chi connectivity index (χ0) is 12.7. The van der Waals surface area contributed by atoms with Gasteiger partial charge in [0.2, 0.25) is 0 Å². The Balaban J connectivity index is 3.81. The van der Waals surface area contributed by atoms with Crippen molar-refractivity contribution in [3.63, 3.8) is 0 Å². The molecule has 0 aliphatic carbocycles. The molecule has 0 radical (unpaired) electrons. The van der Waals surface area contributed by atoms with Gasteiger partial charge < -0.3 is 5.32 Å². The number of hydrogen-bond donors (Lipinski definition) is 1. The molecule has 0 aromatic rings. The summed E-state index contributed by atoms with van der Waals surface area (Å²) in [7, 11) is 0. The van der Waals surface area contributed by atoms with Crippen LogP contribution in [0.3, 0.4) is 0 Å². The molecule has 2 unspecified atom stereocenters. The average Bonchev–Trinajstić information content (AvgIpc) is 2.16. The molecule has 1 nitrogen and oxygen atoms in total. The Morgan fingerprint density at radius 1 is 1.00 bits per heavy atom. The third kappa shape index (κ3) is 6.92. The van der Waals surface area contributed by atoms with Crippen LogP contribution in [-0.2, 0) is 0 Å². The number of allylic oxidation sites excluding steroid dienone is 1. The van der Waals surface area contributed by atoms with Gasteiger partial charge in [0.15, 0.2) is 0 Å². The average molecular weight is 225 g/mol. The summed E-state index contributed by atoms with van der Waals surface area (Å²) in [5, 5.41) is 3.52. The second kappa shape index (κ2) is 7.76. The van der Waals surface area contributed by atoms with Crippen LogP contribution in [0.5, 0.6) is 0 Å². The molecule has 0 saturated heterocycles. The summed E-state index contributed by atoms with van der Waals surface area (Å²) < 4.78 is 0. The maximum Gasteiger partial charge on any atom is 0.0252 e. The second-order valence-corrected chi connectivity index (χ2v) is 5.93. The first-order valence-electron chi connectivity index (χ1n) is 6.79. The molecule has 0 amide bonds. The van der Waals surface area contributed by atoms with Gasteiger partial charge in [0, 0.05) is 11.7 Å². The molecule has 0 aromatic carbocycles. The Morgan fingerprint density at radius 2 is 1.56 bits per heavy atom. The van der Waals surface area contributed by atoms with Crippen molar-refractivity contribution < 1.29 is 0 Å². The van der Waals surface area contributed by atoms with Gasteiger partial charge >= 0.3 is 0 Å². The molecule has 0 spiro atoms. The maximum absolute atomic E-state index is 4.16. The highest BCUT2D eigenvalue weighted by atomic mass is 14.9. The summed E-state index contributed by atoms with van der Waals surface area (Å²) in [5.74, 6) is 2.09. The standard InChI is InChI=1S/C15H31N/c1-11(2)9-8-10-13(5)15(7)16-14(6)12(3)4/h11-14,16H,7-10H2,1-6H3. The van der Waals surface area contributed by atoms with E-state index >= 15 is 0 Å². The van der Waals surface area contributed by atoms with Crippen LogP contribution >= 0.6 is 0 Å². The van der Waals surface area contributed by atoms with Crippen LogP contribution in [0.1, 0.15) is 60.8 Å². The summed E-state index contributed by atoms with van der Waals surface area (Å²) in [6, 6.07) is 0.528. The molecule has 0 rings (SSSR count). The molecular weight excluding hydrogens is 194 g/mol. The van der Waals surface area contributed by atoms with Gasteiger partial charge in [0.05, 0.1) is 0 Å². The Hall–Kier alpha value is -0.460. The van der Waals surface area contributed by atoms with Gasteiger partial charge in [-0.05, 0) is 31.1 Å². The number of rotatable bonds is 8. The van der Waals surface area contributed by atoms with Crippen molar-refractivity contribution in [3.05, 3.63) is 12.3 Å². The molecule has 1 N–H and O–H groups in total. The first-order valence-corrected chi connectivity index (χ1v) is 6.79. The van der Waals surface area contributed by atoms with Gasteiger partial charge in [-0.1, -0.05) is 54.0 Å². The zero-order valence-corrected chi connectivity index (χ0v) is 12.1. The Labute approximate surface area is 103 Å². The van der Waals surface area contributed by atoms with E-state index < -0.39 is 0 Å². The summed E-state index contributed by atoms with van der Waals surface area (Å²) in [4.78, 5) is 0. The van der Waals surface area contributed by atoms with E-state index in [-0.39, 0.29) is 0 Å². The minimum absolute atomic E-state index is 0.528. The molecule has 1 heteroatoms. The SMILES string of the molecule is C=C(NC(C)C(C)C)C(C)CCCC(C)C. The maximum atomic E-state index is 4.16. The summed E-state index contributed by atoms with van der Waals surface area (Å²) in [6.07, 6.45) is 3.90. The van der Waals surface area contributed by atoms with E-state index in [9.17, 15) is 0 Å². The molecular formula is C15H31N. The van der Waals surface area contributed by atoms with E-state index in [0.717, 1.165) is 5.92 Å². The molecule has 0 saturated carbocycles. The van der Waals surface area contributed by atoms with Gasteiger partial charge in [-0.2, -0.15) is 0 Å². The lowest BCUT2D eigenvalue weighted by Gasteiger charge is -2.24. The predicted molar refractivity (Wildman–Crippen MR) is 74.4 cm³/mol. The van der Waals surface area contributed by atoms with Crippen LogP contribution in [0, 0.1) is 17.8 Å². The van der Waals surface area contributed by atoms with Crippen molar-refractivity contribution in [1.29, 1.82) is 0 Å². The monoisotopic (exact) mass is 225 g/mol. The molecule has 0 bridgehead atoms. The molecule has 96 valence electrons. The van der Waals surface area contributed by atoms with Crippen LogP contribution in [0.2, 0.25) is 0 Å². The van der Waals surface area contributed by atoms with Crippen molar-refractivity contribution in [2.75, 3.05) is 0 Å². The highest BCUT2D eigenvalue weighted by Gasteiger charge is 2.11. The Morgan fingerprint density at radius 3 is 2.00 bits per heavy atom. The molecule has 0 aliphatic rings. The molecule has 0 aliphatic heterocycles. The van der Waals surface area contributed by atoms with Gasteiger partial charge in [0.25, 0.3) is 0 Å². The summed E-state index contributed by atoms with van der Waals surface area (Å²) in [6.45, 7) is 17.7. The highest BCUT2D eigenvalue weighted by molar-refractivity contribution is 4.98. The fourth-order valence-corrected chi connectivity index (χ4v) is 1.61. The van der Waals surface area contributed by atoms with E-state index in [2.05, 4.69) is 53.4 Å². The molecule has 16 heavy (non-hydrogen) atoms. The third-order valence-corrected chi connectivity index (χ3v) is 3.43. The van der Waals surface area contributed by atoms with E-state index in [4.69, 9.17) is 0 Å². The largest absolute Gasteiger partial charge is 0.386 e. The van der Waals surface area contributed by atoms with E-state index in [0.29, 0.717) is 17.9 Å². The normalized spacial score (nSPS) is 15.2. The number of hydrogen-bond acceptors (Lipinski definition) is 1. The fourth-order valence-electron chi connectivity index (χ4n) is 1.61. The number of nitrogens with one attached hydrogen (secondary N) is 1. The highest BCUT2D eigenvalue weighted by Crippen LogP contribution is 2.17. The molecule has 0 heterocycles. The van der Waals surface area contributed by atoms with Gasteiger partial charge in [-0.3, -0.25) is 0 Å². The second-order valence-electron chi connectivity index (χ2n) is 5.93. The Kier molecular flexibility index (Phi) is 7.53. The van der Waals surface area contributed by atoms with Crippen LogP contribution < -0.4 is 5.32 Å². The molecule has 2 atom stereocenters. The Bertz CT molecular complexity index is 194. The predicted octanol–water partition coefficient (Wildman–Crippen LogP) is 4.60. The van der Waals surface area contributed by atoms with Crippen molar-refractivity contribution in [3.8, 4) is 0 Å². The van der Waals surface area contributed by atoms with E-state index in [1.54, 1.807) is 0 Å². The van der Waals surface area contributed by atoms with Crippen molar-refractivity contribution in [2.24, 2.45) is 17.8 Å². The lowest BCUT2D eigenvalue weighted by molar-refractivity contribution is 0.418. The molecule has 0 fully saturated rings. The van der Waals surface area contributed by atoms with Crippen LogP contribution in [0.15, 0.2) is 12.3 Å².